The van der Waals surface area contributed by atoms with Gasteiger partial charge in [0, 0.05) is 11.4 Å². The Morgan fingerprint density at radius 2 is 0.737 bits per heavy atom. The fourth-order valence-electron chi connectivity index (χ4n) is 4.64. The van der Waals surface area contributed by atoms with Gasteiger partial charge in [-0.3, -0.25) is 0 Å². The molecule has 2 aromatic rings. The monoisotopic (exact) mass is 524 g/mol. The van der Waals surface area contributed by atoms with E-state index in [9.17, 15) is 19.2 Å². The summed E-state index contributed by atoms with van der Waals surface area (Å²) < 4.78 is 20.5. The Bertz CT molecular complexity index is 1040. The highest BCUT2D eigenvalue weighted by atomic mass is 16.6. The first kappa shape index (κ1) is 27.0. The van der Waals surface area contributed by atoms with Crippen LogP contribution in [0.15, 0.2) is 48.5 Å². The van der Waals surface area contributed by atoms with Crippen molar-refractivity contribution in [3.8, 4) is 11.1 Å². The van der Waals surface area contributed by atoms with Crippen LogP contribution in [0, 0.1) is 0 Å². The van der Waals surface area contributed by atoms with Gasteiger partial charge >= 0.3 is 23.9 Å². The van der Waals surface area contributed by atoms with Gasteiger partial charge in [-0.05, 0) is 63.1 Å². The summed E-state index contributed by atoms with van der Waals surface area (Å²) in [5.41, 5.74) is 3.25. The van der Waals surface area contributed by atoms with Crippen LogP contribution in [0.3, 0.4) is 0 Å². The molecule has 0 aromatic heterocycles. The fraction of sp³-hybridized carbons (Fsp3) is 0.429. The molecule has 2 fully saturated rings. The van der Waals surface area contributed by atoms with Gasteiger partial charge in [-0.25, -0.2) is 19.2 Å². The molecule has 0 spiro atoms. The van der Waals surface area contributed by atoms with Crippen LogP contribution < -0.4 is 9.80 Å². The van der Waals surface area contributed by atoms with Gasteiger partial charge in [-0.1, -0.05) is 24.3 Å². The minimum absolute atomic E-state index is 0.228. The zero-order valence-electron chi connectivity index (χ0n) is 21.9. The molecule has 0 aliphatic carbocycles. The van der Waals surface area contributed by atoms with Gasteiger partial charge in [-0.15, -0.1) is 0 Å². The van der Waals surface area contributed by atoms with Crippen molar-refractivity contribution in [3.63, 3.8) is 0 Å². The Kier molecular flexibility index (Phi) is 8.19. The molecule has 0 radical (unpaired) electrons. The highest BCUT2D eigenvalue weighted by Gasteiger charge is 2.60. The lowest BCUT2D eigenvalue weighted by Gasteiger charge is -2.10. The number of ether oxygens (including phenoxy) is 4. The summed E-state index contributed by atoms with van der Waals surface area (Å²) in [7, 11) is 0. The maximum Gasteiger partial charge on any atom is 0.331 e. The molecule has 4 atom stereocenters. The van der Waals surface area contributed by atoms with E-state index in [0.29, 0.717) is 11.4 Å². The van der Waals surface area contributed by atoms with Crippen LogP contribution in [0.1, 0.15) is 27.7 Å². The Morgan fingerprint density at radius 1 is 0.500 bits per heavy atom. The molecule has 202 valence electrons. The van der Waals surface area contributed by atoms with Crippen LogP contribution in [-0.2, 0) is 38.1 Å². The molecule has 0 amide bonds. The van der Waals surface area contributed by atoms with Crippen molar-refractivity contribution in [2.45, 2.75) is 51.9 Å². The van der Waals surface area contributed by atoms with Crippen LogP contribution in [-0.4, -0.2) is 74.5 Å². The summed E-state index contributed by atoms with van der Waals surface area (Å²) in [5.74, 6) is -1.82. The third-order valence-corrected chi connectivity index (χ3v) is 6.39. The summed E-state index contributed by atoms with van der Waals surface area (Å²) in [6, 6.07) is 12.1. The molecule has 2 heterocycles. The summed E-state index contributed by atoms with van der Waals surface area (Å²) in [6.45, 7) is 7.80. The number of rotatable bonds is 11. The van der Waals surface area contributed by atoms with E-state index in [0.717, 1.165) is 11.1 Å². The molecule has 38 heavy (non-hydrogen) atoms. The average molecular weight is 525 g/mol. The second-order valence-electron chi connectivity index (χ2n) is 8.70. The summed E-state index contributed by atoms with van der Waals surface area (Å²) in [5, 5.41) is 0. The zero-order chi connectivity index (χ0) is 27.4. The minimum Gasteiger partial charge on any atom is -0.464 e. The molecule has 2 aromatic carbocycles. The van der Waals surface area contributed by atoms with Crippen molar-refractivity contribution in [1.82, 2.24) is 0 Å². The summed E-state index contributed by atoms with van der Waals surface area (Å²) >= 11 is 0. The van der Waals surface area contributed by atoms with Gasteiger partial charge in [0.25, 0.3) is 0 Å². The van der Waals surface area contributed by atoms with Crippen LogP contribution in [0.4, 0.5) is 11.4 Å². The predicted molar refractivity (Wildman–Crippen MR) is 139 cm³/mol. The van der Waals surface area contributed by atoms with Crippen molar-refractivity contribution in [2.75, 3.05) is 36.2 Å². The van der Waals surface area contributed by atoms with Crippen LogP contribution in [0.25, 0.3) is 11.1 Å². The molecule has 2 aliphatic rings. The molecular formula is C28H32N2O8. The van der Waals surface area contributed by atoms with Crippen molar-refractivity contribution < 1.29 is 38.1 Å². The third kappa shape index (κ3) is 5.29. The van der Waals surface area contributed by atoms with E-state index in [-0.39, 0.29) is 26.4 Å². The largest absolute Gasteiger partial charge is 0.464 e. The Balaban J connectivity index is 1.48. The van der Waals surface area contributed by atoms with E-state index in [4.69, 9.17) is 18.9 Å². The lowest BCUT2D eigenvalue weighted by molar-refractivity contribution is -0.147. The summed E-state index contributed by atoms with van der Waals surface area (Å²) in [6.07, 6.45) is 0. The maximum absolute atomic E-state index is 12.4. The lowest BCUT2D eigenvalue weighted by Crippen LogP contribution is -2.20. The highest BCUT2D eigenvalue weighted by molar-refractivity contribution is 6.02. The molecule has 10 heteroatoms. The second-order valence-corrected chi connectivity index (χ2v) is 8.70. The van der Waals surface area contributed by atoms with Gasteiger partial charge in [0.1, 0.15) is 0 Å². The standard InChI is InChI=1S/C28H32N2O8/c1-5-35-25(31)21-22(26(32)36-6-2)29(21)19-13-9-17(10-14-19)18-11-15-20(16-12-18)30-23(27(33)37-7-3)24(30)28(34)38-8-4/h9-16,21-24H,5-8H2,1-4H3/t21-,22+,23-,24+,29?,30?. The smallest absolute Gasteiger partial charge is 0.331 e. The van der Waals surface area contributed by atoms with Crippen LogP contribution in [0.2, 0.25) is 0 Å². The average Bonchev–Trinajstić information content (AvgIpc) is 3.82. The predicted octanol–water partition coefficient (Wildman–Crippen LogP) is 2.72. The molecule has 0 unspecified atom stereocenters. The van der Waals surface area contributed by atoms with Crippen molar-refractivity contribution >= 4 is 35.3 Å². The van der Waals surface area contributed by atoms with Crippen LogP contribution >= 0.6 is 0 Å². The van der Waals surface area contributed by atoms with E-state index in [1.807, 2.05) is 48.5 Å². The number of carbonyl (C=O) groups excluding carboxylic acids is 4. The van der Waals surface area contributed by atoms with Gasteiger partial charge in [0.05, 0.1) is 26.4 Å². The quantitative estimate of drug-likeness (QED) is 0.247. The number of anilines is 2. The number of hydrogen-bond donors (Lipinski definition) is 0. The highest BCUT2D eigenvalue weighted by Crippen LogP contribution is 2.40. The van der Waals surface area contributed by atoms with Crippen molar-refractivity contribution in [1.29, 1.82) is 0 Å². The zero-order valence-corrected chi connectivity index (χ0v) is 21.9. The van der Waals surface area contributed by atoms with Gasteiger partial charge in [0.15, 0.2) is 24.2 Å². The normalized spacial score (nSPS) is 21.4. The van der Waals surface area contributed by atoms with Gasteiger partial charge in [-0.2, -0.15) is 0 Å². The molecular weight excluding hydrogens is 492 g/mol. The van der Waals surface area contributed by atoms with E-state index >= 15 is 0 Å². The number of hydrogen-bond acceptors (Lipinski definition) is 10. The second kappa shape index (κ2) is 11.5. The Labute approximate surface area is 221 Å². The molecule has 4 rings (SSSR count). The number of benzene rings is 2. The molecule has 10 nitrogen and oxygen atoms in total. The molecule has 2 saturated heterocycles. The molecule has 2 aliphatic heterocycles. The minimum atomic E-state index is -0.702. The first-order valence-electron chi connectivity index (χ1n) is 12.8. The van der Waals surface area contributed by atoms with Crippen molar-refractivity contribution in [3.05, 3.63) is 48.5 Å². The maximum atomic E-state index is 12.4. The van der Waals surface area contributed by atoms with E-state index in [2.05, 4.69) is 0 Å². The van der Waals surface area contributed by atoms with E-state index < -0.39 is 48.0 Å². The van der Waals surface area contributed by atoms with E-state index in [1.54, 1.807) is 37.5 Å². The SMILES string of the molecule is CCOC(=O)[C@@H]1[C@H](C(=O)OCC)N1c1ccc(-c2ccc(N3[C@H](C(=O)OCC)[C@@H]3C(=O)OCC)cc2)cc1. The topological polar surface area (TPSA) is 111 Å². The number of nitrogens with zero attached hydrogens (tertiary/aromatic N) is 2. The van der Waals surface area contributed by atoms with Gasteiger partial charge in [0.2, 0.25) is 0 Å². The Morgan fingerprint density at radius 3 is 0.947 bits per heavy atom. The van der Waals surface area contributed by atoms with Gasteiger partial charge < -0.3 is 28.7 Å². The van der Waals surface area contributed by atoms with E-state index in [1.165, 1.54) is 0 Å². The first-order chi connectivity index (χ1) is 18.4. The number of carbonyl (C=O) groups is 4. The Hall–Kier alpha value is -4.08. The summed E-state index contributed by atoms with van der Waals surface area (Å²) in [4.78, 5) is 52.8. The third-order valence-electron chi connectivity index (χ3n) is 6.39. The molecule has 0 saturated carbocycles. The molecule has 0 N–H and O–H groups in total. The lowest BCUT2D eigenvalue weighted by atomic mass is 10.0. The first-order valence-corrected chi connectivity index (χ1v) is 12.8. The van der Waals surface area contributed by atoms with Crippen molar-refractivity contribution in [2.24, 2.45) is 0 Å². The number of esters is 4. The fourth-order valence-corrected chi connectivity index (χ4v) is 4.64. The van der Waals surface area contributed by atoms with Crippen LogP contribution in [0.5, 0.6) is 0 Å². The molecule has 0 bridgehead atoms.